The molecule has 0 bridgehead atoms. The maximum atomic E-state index is 11.6. The van der Waals surface area contributed by atoms with E-state index in [1.165, 1.54) is 0 Å². The molecule has 3 aliphatic rings. The van der Waals surface area contributed by atoms with Crippen molar-refractivity contribution >= 4 is 0 Å². The predicted molar refractivity (Wildman–Crippen MR) is 148 cm³/mol. The third kappa shape index (κ3) is 7.12. The average Bonchev–Trinajstić information content (AvgIpc) is 3.27. The minimum absolute atomic E-state index is 0.00558. The molecular weight excluding hydrogens is 512 g/mol. The molecule has 220 valence electrons. The van der Waals surface area contributed by atoms with Gasteiger partial charge < -0.3 is 38.3 Å². The maximum Gasteiger partial charge on any atom is 0.164 e. The minimum atomic E-state index is -0.983. The number of hydrogen-bond donors (Lipinski definition) is 1. The summed E-state index contributed by atoms with van der Waals surface area (Å²) in [6.07, 6.45) is -4.12. The zero-order valence-corrected chi connectivity index (χ0v) is 24.2. The molecule has 7 atom stereocenters. The van der Waals surface area contributed by atoms with Gasteiger partial charge in [-0.3, -0.25) is 0 Å². The van der Waals surface area contributed by atoms with E-state index < -0.39 is 42.4 Å². The predicted octanol–water partition coefficient (Wildman–Crippen LogP) is 4.79. The van der Waals surface area contributed by atoms with Crippen molar-refractivity contribution in [1.82, 2.24) is 0 Å². The van der Waals surface area contributed by atoms with Crippen molar-refractivity contribution in [3.8, 4) is 0 Å². The van der Waals surface area contributed by atoms with Crippen LogP contribution in [-0.4, -0.2) is 73.6 Å². The van der Waals surface area contributed by atoms with E-state index in [2.05, 4.69) is 13.8 Å². The minimum Gasteiger partial charge on any atom is -0.387 e. The second-order valence-corrected chi connectivity index (χ2v) is 12.3. The van der Waals surface area contributed by atoms with E-state index in [0.29, 0.717) is 32.8 Å². The number of hydrogen-bond acceptors (Lipinski definition) is 8. The normalized spacial score (nSPS) is 32.5. The molecule has 3 fully saturated rings. The fraction of sp³-hybridized carbons (Fsp3) is 0.625. The molecule has 8 nitrogen and oxygen atoms in total. The summed E-state index contributed by atoms with van der Waals surface area (Å²) in [5.74, 6) is -0.883. The third-order valence-electron chi connectivity index (χ3n) is 7.71. The quantitative estimate of drug-likeness (QED) is 0.447. The topological polar surface area (TPSA) is 84.8 Å². The highest BCUT2D eigenvalue weighted by atomic mass is 16.8. The summed E-state index contributed by atoms with van der Waals surface area (Å²) in [5, 5.41) is 11.6. The van der Waals surface area contributed by atoms with Gasteiger partial charge in [0, 0.05) is 11.8 Å². The maximum absolute atomic E-state index is 11.6. The van der Waals surface area contributed by atoms with E-state index in [1.54, 1.807) is 0 Å². The summed E-state index contributed by atoms with van der Waals surface area (Å²) in [6, 6.07) is 20.0. The van der Waals surface area contributed by atoms with Crippen molar-refractivity contribution < 1.29 is 38.3 Å². The molecule has 1 saturated carbocycles. The Labute approximate surface area is 237 Å². The van der Waals surface area contributed by atoms with E-state index in [0.717, 1.165) is 11.1 Å². The van der Waals surface area contributed by atoms with Gasteiger partial charge in [-0.1, -0.05) is 74.5 Å². The van der Waals surface area contributed by atoms with Gasteiger partial charge in [-0.2, -0.15) is 0 Å². The van der Waals surface area contributed by atoms with Gasteiger partial charge in [0.25, 0.3) is 0 Å². The van der Waals surface area contributed by atoms with E-state index in [9.17, 15) is 5.11 Å². The molecule has 2 aliphatic heterocycles. The zero-order chi connectivity index (χ0) is 28.3. The highest BCUT2D eigenvalue weighted by Crippen LogP contribution is 2.42. The summed E-state index contributed by atoms with van der Waals surface area (Å²) in [6.45, 7) is 11.9. The van der Waals surface area contributed by atoms with Crippen LogP contribution in [-0.2, 0) is 39.8 Å². The molecule has 8 heteroatoms. The Morgan fingerprint density at radius 1 is 0.825 bits per heavy atom. The smallest absolute Gasteiger partial charge is 0.164 e. The van der Waals surface area contributed by atoms with Crippen LogP contribution in [0.15, 0.2) is 60.7 Å². The molecule has 0 radical (unpaired) electrons. The third-order valence-corrected chi connectivity index (χ3v) is 7.71. The Morgan fingerprint density at radius 3 is 2.12 bits per heavy atom. The standard InChI is InChI=1S/C32H44O8/c1-21(23-14-10-7-11-15-23)38-29-26(34-17-16-24-36-19-31(2,3)20-37-24)25(33)27-30(40-32(4,5)39-27)28(29)35-18-22-12-8-6-9-13-22/h6-15,21,24-30,33H,16-20H2,1-5H3/t21-,25+,26+,27+,28+,29-,30+/m1/s1. The fourth-order valence-electron chi connectivity index (χ4n) is 5.63. The highest BCUT2D eigenvalue weighted by Gasteiger charge is 2.59. The van der Waals surface area contributed by atoms with Gasteiger partial charge in [0.2, 0.25) is 0 Å². The van der Waals surface area contributed by atoms with Crippen LogP contribution in [0, 0.1) is 5.41 Å². The van der Waals surface area contributed by atoms with Crippen molar-refractivity contribution in [2.45, 2.75) is 102 Å². The Morgan fingerprint density at radius 2 is 1.45 bits per heavy atom. The summed E-state index contributed by atoms with van der Waals surface area (Å²) < 4.78 is 44.0. The highest BCUT2D eigenvalue weighted by molar-refractivity contribution is 5.18. The number of aliphatic hydroxyl groups is 1. The van der Waals surface area contributed by atoms with Gasteiger partial charge in [-0.15, -0.1) is 0 Å². The molecular formula is C32H44O8. The van der Waals surface area contributed by atoms with Crippen LogP contribution in [0.3, 0.4) is 0 Å². The van der Waals surface area contributed by atoms with Crippen molar-refractivity contribution in [1.29, 1.82) is 0 Å². The summed E-state index contributed by atoms with van der Waals surface area (Å²) in [7, 11) is 0. The van der Waals surface area contributed by atoms with Crippen molar-refractivity contribution in [3.63, 3.8) is 0 Å². The van der Waals surface area contributed by atoms with Crippen molar-refractivity contribution in [2.75, 3.05) is 19.8 Å². The van der Waals surface area contributed by atoms with E-state index >= 15 is 0 Å². The van der Waals surface area contributed by atoms with Crippen LogP contribution in [0.4, 0.5) is 0 Å². The molecule has 0 unspecified atom stereocenters. The number of rotatable bonds is 10. The molecule has 0 spiro atoms. The number of fused-ring (bicyclic) bond motifs is 1. The average molecular weight is 557 g/mol. The van der Waals surface area contributed by atoms with Gasteiger partial charge >= 0.3 is 0 Å². The summed E-state index contributed by atoms with van der Waals surface area (Å²) >= 11 is 0. The summed E-state index contributed by atoms with van der Waals surface area (Å²) in [4.78, 5) is 0. The lowest BCUT2D eigenvalue weighted by atomic mass is 9.84. The van der Waals surface area contributed by atoms with Gasteiger partial charge in [0.15, 0.2) is 12.1 Å². The van der Waals surface area contributed by atoms with Crippen LogP contribution in [0.25, 0.3) is 0 Å². The first-order chi connectivity index (χ1) is 19.1. The first-order valence-electron chi connectivity index (χ1n) is 14.4. The first kappa shape index (κ1) is 29.6. The Kier molecular flexibility index (Phi) is 9.29. The molecule has 1 N–H and O–H groups in total. The number of ether oxygens (including phenoxy) is 7. The largest absolute Gasteiger partial charge is 0.387 e. The molecule has 1 aliphatic carbocycles. The molecule has 2 heterocycles. The van der Waals surface area contributed by atoms with Crippen LogP contribution in [0.5, 0.6) is 0 Å². The second-order valence-electron chi connectivity index (χ2n) is 12.3. The monoisotopic (exact) mass is 556 g/mol. The lowest BCUT2D eigenvalue weighted by Gasteiger charge is -2.46. The molecule has 40 heavy (non-hydrogen) atoms. The molecule has 0 aromatic heterocycles. The van der Waals surface area contributed by atoms with Gasteiger partial charge in [-0.05, 0) is 31.9 Å². The van der Waals surface area contributed by atoms with E-state index in [4.69, 9.17) is 33.2 Å². The van der Waals surface area contributed by atoms with E-state index in [1.807, 2.05) is 81.4 Å². The first-order valence-corrected chi connectivity index (χ1v) is 14.4. The summed E-state index contributed by atoms with van der Waals surface area (Å²) in [5.41, 5.74) is 2.05. The lowest BCUT2D eigenvalue weighted by Crippen LogP contribution is -2.65. The molecule has 2 aromatic carbocycles. The SMILES string of the molecule is C[C@@H](O[C@H]1[C@H](OCc2ccccc2)[C@H]2OC(C)(C)O[C@H]2[C@@H](O)[C@@H]1OCCC1OCC(C)(C)CO1)c1ccccc1. The second kappa shape index (κ2) is 12.5. The lowest BCUT2D eigenvalue weighted by molar-refractivity contribution is -0.256. The fourth-order valence-corrected chi connectivity index (χ4v) is 5.63. The van der Waals surface area contributed by atoms with Crippen LogP contribution in [0.2, 0.25) is 0 Å². The van der Waals surface area contributed by atoms with Crippen molar-refractivity contribution in [3.05, 3.63) is 71.8 Å². The molecule has 5 rings (SSSR count). The van der Waals surface area contributed by atoms with Gasteiger partial charge in [0.05, 0.1) is 32.5 Å². The van der Waals surface area contributed by atoms with Crippen LogP contribution in [0.1, 0.15) is 58.3 Å². The Balaban J connectivity index is 1.37. The molecule has 0 amide bonds. The van der Waals surface area contributed by atoms with Crippen LogP contribution < -0.4 is 0 Å². The van der Waals surface area contributed by atoms with Crippen LogP contribution >= 0.6 is 0 Å². The number of benzene rings is 2. The number of aliphatic hydroxyl groups excluding tert-OH is 1. The van der Waals surface area contributed by atoms with Gasteiger partial charge in [-0.25, -0.2) is 0 Å². The molecule has 2 aromatic rings. The Bertz CT molecular complexity index is 1050. The zero-order valence-electron chi connectivity index (χ0n) is 24.2. The van der Waals surface area contributed by atoms with E-state index in [-0.39, 0.29) is 17.8 Å². The van der Waals surface area contributed by atoms with Gasteiger partial charge in [0.1, 0.15) is 36.6 Å². The molecule has 2 saturated heterocycles. The Hall–Kier alpha value is -1.88. The van der Waals surface area contributed by atoms with Crippen molar-refractivity contribution in [2.24, 2.45) is 5.41 Å².